The van der Waals surface area contributed by atoms with Gasteiger partial charge in [-0.05, 0) is 36.8 Å². The fourth-order valence-electron chi connectivity index (χ4n) is 2.53. The Labute approximate surface area is 159 Å². The molecule has 150 valence electrons. The number of benzene rings is 1. The van der Waals surface area contributed by atoms with Crippen LogP contribution in [0, 0.1) is 6.92 Å². The van der Waals surface area contributed by atoms with Crippen LogP contribution in [0.3, 0.4) is 0 Å². The van der Waals surface area contributed by atoms with Crippen molar-refractivity contribution in [3.8, 4) is 5.75 Å². The lowest BCUT2D eigenvalue weighted by molar-refractivity contribution is -0.142. The molecule has 2 aromatic rings. The van der Waals surface area contributed by atoms with Crippen LogP contribution in [-0.4, -0.2) is 31.1 Å². The van der Waals surface area contributed by atoms with Gasteiger partial charge in [-0.15, -0.1) is 0 Å². The van der Waals surface area contributed by atoms with E-state index in [1.54, 1.807) is 24.3 Å². The van der Waals surface area contributed by atoms with Gasteiger partial charge in [-0.3, -0.25) is 9.59 Å². The molecule has 1 heterocycles. The van der Waals surface area contributed by atoms with Crippen LogP contribution in [0.15, 0.2) is 36.4 Å². The van der Waals surface area contributed by atoms with Gasteiger partial charge in [0.2, 0.25) is 0 Å². The Bertz CT molecular complexity index is 851. The first kappa shape index (κ1) is 21.2. The third-order valence-corrected chi connectivity index (χ3v) is 4.04. The lowest BCUT2D eigenvalue weighted by Gasteiger charge is -2.19. The van der Waals surface area contributed by atoms with Gasteiger partial charge in [0.25, 0.3) is 5.91 Å². The highest BCUT2D eigenvalue weighted by Gasteiger charge is 2.33. The summed E-state index contributed by atoms with van der Waals surface area (Å²) >= 11 is 0. The lowest BCUT2D eigenvalue weighted by atomic mass is 10.0. The number of alkyl halides is 3. The molecule has 0 aliphatic heterocycles. The van der Waals surface area contributed by atoms with Crippen molar-refractivity contribution in [1.82, 2.24) is 10.3 Å². The largest absolute Gasteiger partial charge is 0.497 e. The summed E-state index contributed by atoms with van der Waals surface area (Å²) in [5.41, 5.74) is -0.560. The molecule has 1 aromatic carbocycles. The number of hydrogen-bond donors (Lipinski definition) is 1. The first-order valence-electron chi connectivity index (χ1n) is 8.22. The zero-order valence-electron chi connectivity index (χ0n) is 15.5. The van der Waals surface area contributed by atoms with Gasteiger partial charge >= 0.3 is 12.1 Å². The van der Waals surface area contributed by atoms with Crippen molar-refractivity contribution in [2.45, 2.75) is 25.6 Å². The van der Waals surface area contributed by atoms with Crippen molar-refractivity contribution in [2.24, 2.45) is 0 Å². The maximum atomic E-state index is 12.8. The molecule has 0 saturated carbocycles. The minimum absolute atomic E-state index is 0.0172. The predicted octanol–water partition coefficient (Wildman–Crippen LogP) is 3.45. The van der Waals surface area contributed by atoms with Crippen LogP contribution in [0.25, 0.3) is 0 Å². The summed E-state index contributed by atoms with van der Waals surface area (Å²) in [6, 6.07) is 7.73. The molecule has 0 saturated heterocycles. The molecule has 0 radical (unpaired) electrons. The maximum Gasteiger partial charge on any atom is 0.433 e. The zero-order valence-corrected chi connectivity index (χ0v) is 15.5. The summed E-state index contributed by atoms with van der Waals surface area (Å²) in [4.78, 5) is 27.8. The first-order chi connectivity index (χ1) is 13.2. The number of methoxy groups -OCH3 is 2. The molecule has 1 unspecified atom stereocenters. The number of nitrogens with zero attached hydrogens (tertiary/aromatic N) is 1. The zero-order chi connectivity index (χ0) is 20.9. The minimum Gasteiger partial charge on any atom is -0.497 e. The average Bonchev–Trinajstić information content (AvgIpc) is 2.66. The highest BCUT2D eigenvalue weighted by molar-refractivity contribution is 5.95. The van der Waals surface area contributed by atoms with Crippen LogP contribution in [0.4, 0.5) is 13.2 Å². The second-order valence-electron chi connectivity index (χ2n) is 5.91. The van der Waals surface area contributed by atoms with Crippen molar-refractivity contribution in [3.05, 3.63) is 58.9 Å². The van der Waals surface area contributed by atoms with E-state index in [2.05, 4.69) is 15.0 Å². The molecule has 2 rings (SSSR count). The number of aromatic nitrogens is 1. The molecule has 1 N–H and O–H groups in total. The SMILES string of the molecule is COC(=O)CC(NC(=O)c1ccc(C(F)(F)F)nc1C)c1ccc(OC)cc1. The normalized spacial score (nSPS) is 12.2. The Morgan fingerprint density at radius 2 is 1.75 bits per heavy atom. The van der Waals surface area contributed by atoms with E-state index in [1.807, 2.05) is 0 Å². The van der Waals surface area contributed by atoms with E-state index in [9.17, 15) is 22.8 Å². The van der Waals surface area contributed by atoms with Crippen LogP contribution in [-0.2, 0) is 15.7 Å². The Kier molecular flexibility index (Phi) is 6.61. The van der Waals surface area contributed by atoms with Crippen molar-refractivity contribution in [2.75, 3.05) is 14.2 Å². The maximum absolute atomic E-state index is 12.8. The number of halogens is 3. The molecule has 9 heteroatoms. The monoisotopic (exact) mass is 396 g/mol. The fourth-order valence-corrected chi connectivity index (χ4v) is 2.53. The van der Waals surface area contributed by atoms with Crippen molar-refractivity contribution >= 4 is 11.9 Å². The van der Waals surface area contributed by atoms with E-state index >= 15 is 0 Å². The minimum atomic E-state index is -4.60. The second-order valence-corrected chi connectivity index (χ2v) is 5.91. The van der Waals surface area contributed by atoms with Crippen LogP contribution in [0.5, 0.6) is 5.75 Å². The highest BCUT2D eigenvalue weighted by atomic mass is 19.4. The molecule has 1 amide bonds. The van der Waals surface area contributed by atoms with Gasteiger partial charge in [-0.2, -0.15) is 13.2 Å². The molecule has 0 bridgehead atoms. The van der Waals surface area contributed by atoms with E-state index in [0.29, 0.717) is 11.3 Å². The van der Waals surface area contributed by atoms with Gasteiger partial charge in [-0.1, -0.05) is 12.1 Å². The number of pyridine rings is 1. The van der Waals surface area contributed by atoms with Gasteiger partial charge in [0, 0.05) is 0 Å². The Morgan fingerprint density at radius 3 is 2.25 bits per heavy atom. The van der Waals surface area contributed by atoms with Crippen LogP contribution >= 0.6 is 0 Å². The molecule has 0 aliphatic rings. The van der Waals surface area contributed by atoms with Gasteiger partial charge in [0.1, 0.15) is 11.4 Å². The van der Waals surface area contributed by atoms with Gasteiger partial charge in [-0.25, -0.2) is 4.98 Å². The third-order valence-electron chi connectivity index (χ3n) is 4.04. The number of aryl methyl sites for hydroxylation is 1. The topological polar surface area (TPSA) is 77.5 Å². The molecule has 28 heavy (non-hydrogen) atoms. The average molecular weight is 396 g/mol. The molecular weight excluding hydrogens is 377 g/mol. The van der Waals surface area contributed by atoms with Gasteiger partial charge < -0.3 is 14.8 Å². The standard InChI is InChI=1S/C19H19F3N2O4/c1-11-14(8-9-16(23-11)19(20,21)22)18(26)24-15(10-17(25)28-3)12-4-6-13(27-2)7-5-12/h4-9,15H,10H2,1-3H3,(H,24,26). The molecule has 1 atom stereocenters. The first-order valence-corrected chi connectivity index (χ1v) is 8.22. The van der Waals surface area contributed by atoms with E-state index < -0.39 is 29.8 Å². The molecule has 0 fully saturated rings. The number of carbonyl (C=O) groups excluding carboxylic acids is 2. The number of carbonyl (C=O) groups is 2. The Balaban J connectivity index is 2.27. The summed E-state index contributed by atoms with van der Waals surface area (Å²) < 4.78 is 48.0. The fraction of sp³-hybridized carbons (Fsp3) is 0.316. The van der Waals surface area contributed by atoms with E-state index in [1.165, 1.54) is 21.1 Å². The molecular formula is C19H19F3N2O4. The van der Waals surface area contributed by atoms with Crippen molar-refractivity contribution in [3.63, 3.8) is 0 Å². The summed E-state index contributed by atoms with van der Waals surface area (Å²) in [5.74, 6) is -0.610. The summed E-state index contributed by atoms with van der Waals surface area (Å²) in [6.45, 7) is 1.31. The molecule has 6 nitrogen and oxygen atoms in total. The number of nitrogens with one attached hydrogen (secondary N) is 1. The van der Waals surface area contributed by atoms with E-state index in [-0.39, 0.29) is 17.7 Å². The van der Waals surface area contributed by atoms with E-state index in [0.717, 1.165) is 12.1 Å². The number of hydrogen-bond acceptors (Lipinski definition) is 5. The summed E-state index contributed by atoms with van der Waals surface area (Å²) in [6.07, 6.45) is -4.75. The summed E-state index contributed by atoms with van der Waals surface area (Å²) in [5, 5.41) is 2.65. The lowest BCUT2D eigenvalue weighted by Crippen LogP contribution is -2.31. The van der Waals surface area contributed by atoms with Crippen molar-refractivity contribution < 1.29 is 32.2 Å². The molecule has 0 aliphatic carbocycles. The van der Waals surface area contributed by atoms with Crippen LogP contribution in [0.2, 0.25) is 0 Å². The van der Waals surface area contributed by atoms with Crippen LogP contribution < -0.4 is 10.1 Å². The van der Waals surface area contributed by atoms with E-state index in [4.69, 9.17) is 4.74 Å². The third kappa shape index (κ3) is 5.21. The molecule has 0 spiro atoms. The number of esters is 1. The Morgan fingerprint density at radius 1 is 1.11 bits per heavy atom. The van der Waals surface area contributed by atoms with Crippen LogP contribution in [0.1, 0.15) is 39.8 Å². The predicted molar refractivity (Wildman–Crippen MR) is 93.8 cm³/mol. The second kappa shape index (κ2) is 8.73. The summed E-state index contributed by atoms with van der Waals surface area (Å²) in [7, 11) is 2.72. The highest BCUT2D eigenvalue weighted by Crippen LogP contribution is 2.28. The van der Waals surface area contributed by atoms with Gasteiger partial charge in [0.05, 0.1) is 37.9 Å². The quantitative estimate of drug-likeness (QED) is 0.757. The van der Waals surface area contributed by atoms with Crippen molar-refractivity contribution in [1.29, 1.82) is 0 Å². The van der Waals surface area contributed by atoms with Gasteiger partial charge in [0.15, 0.2) is 0 Å². The number of ether oxygens (including phenoxy) is 2. The Hall–Kier alpha value is -3.10. The number of rotatable bonds is 6. The molecule has 1 aromatic heterocycles. The number of amides is 1. The smallest absolute Gasteiger partial charge is 0.433 e.